The zero-order chi connectivity index (χ0) is 11.7. The monoisotopic (exact) mass is 236 g/mol. The molecule has 0 amide bonds. The summed E-state index contributed by atoms with van der Waals surface area (Å²) in [5, 5.41) is 0.724. The first kappa shape index (κ1) is 11.2. The van der Waals surface area contributed by atoms with Crippen molar-refractivity contribution >= 4 is 27.2 Å². The molecule has 1 atom stereocenters. The molecule has 0 aliphatic heterocycles. The molecule has 0 saturated heterocycles. The number of anilines is 1. The van der Waals surface area contributed by atoms with Crippen molar-refractivity contribution in [2.24, 2.45) is 5.92 Å². The second-order valence-electron chi connectivity index (χ2n) is 4.27. The summed E-state index contributed by atoms with van der Waals surface area (Å²) in [6.07, 6.45) is 0.179. The fraction of sp³-hybridized carbons (Fsp3) is 0.417. The summed E-state index contributed by atoms with van der Waals surface area (Å²) in [7, 11) is 0. The molecule has 0 aliphatic rings. The van der Waals surface area contributed by atoms with Crippen LogP contribution in [0.4, 0.5) is 5.69 Å². The number of nitrogens with zero attached hydrogens (tertiary/aromatic N) is 1. The lowest BCUT2D eigenvalue weighted by Crippen LogP contribution is -2.18. The number of hydrogen-bond donors (Lipinski definition) is 1. The van der Waals surface area contributed by atoms with E-state index in [4.69, 9.17) is 10.5 Å². The van der Waals surface area contributed by atoms with Gasteiger partial charge in [-0.05, 0) is 31.0 Å². The molecule has 1 unspecified atom stereocenters. The van der Waals surface area contributed by atoms with Gasteiger partial charge in [-0.2, -0.15) is 0 Å². The van der Waals surface area contributed by atoms with Crippen LogP contribution in [-0.4, -0.2) is 11.1 Å². The van der Waals surface area contributed by atoms with Gasteiger partial charge >= 0.3 is 0 Å². The standard InChI is InChI=1S/C12H16N2OS/c1-7(2)8(3)15-12-14-10-5-4-9(13)6-11(10)16-12/h4-8H,13H2,1-3H3. The van der Waals surface area contributed by atoms with Crippen LogP contribution in [0.15, 0.2) is 18.2 Å². The molecule has 0 aliphatic carbocycles. The van der Waals surface area contributed by atoms with E-state index in [9.17, 15) is 0 Å². The molecule has 3 nitrogen and oxygen atoms in total. The minimum atomic E-state index is 0.179. The number of hydrogen-bond acceptors (Lipinski definition) is 4. The third-order valence-corrected chi connectivity index (χ3v) is 3.53. The number of benzene rings is 1. The summed E-state index contributed by atoms with van der Waals surface area (Å²) in [6.45, 7) is 6.33. The molecule has 0 radical (unpaired) electrons. The second-order valence-corrected chi connectivity index (χ2v) is 5.27. The van der Waals surface area contributed by atoms with Gasteiger partial charge in [0.25, 0.3) is 5.19 Å². The minimum Gasteiger partial charge on any atom is -0.467 e. The van der Waals surface area contributed by atoms with E-state index in [1.54, 1.807) is 11.3 Å². The summed E-state index contributed by atoms with van der Waals surface area (Å²) in [4.78, 5) is 4.42. The third kappa shape index (κ3) is 2.27. The summed E-state index contributed by atoms with van der Waals surface area (Å²) in [5.74, 6) is 0.483. The van der Waals surface area contributed by atoms with E-state index in [1.165, 1.54) is 0 Å². The SMILES string of the molecule is CC(C)C(C)Oc1nc2ccc(N)cc2s1. The number of nitrogens with two attached hydrogens (primary N) is 1. The maximum absolute atomic E-state index is 5.77. The van der Waals surface area contributed by atoms with Gasteiger partial charge in [0.15, 0.2) is 0 Å². The van der Waals surface area contributed by atoms with Gasteiger partial charge in [0.1, 0.15) is 6.10 Å². The number of ether oxygens (including phenoxy) is 1. The smallest absolute Gasteiger partial charge is 0.274 e. The molecule has 2 rings (SSSR count). The Morgan fingerprint density at radius 2 is 2.06 bits per heavy atom. The molecular formula is C12H16N2OS. The lowest BCUT2D eigenvalue weighted by atomic mass is 10.1. The number of nitrogen functional groups attached to an aromatic ring is 1. The summed E-state index contributed by atoms with van der Waals surface area (Å²) >= 11 is 1.54. The second kappa shape index (κ2) is 4.29. The van der Waals surface area contributed by atoms with Crippen LogP contribution in [0.2, 0.25) is 0 Å². The number of fused-ring (bicyclic) bond motifs is 1. The van der Waals surface area contributed by atoms with Gasteiger partial charge in [-0.25, -0.2) is 4.98 Å². The van der Waals surface area contributed by atoms with Gasteiger partial charge in [-0.1, -0.05) is 25.2 Å². The van der Waals surface area contributed by atoms with E-state index in [2.05, 4.69) is 25.8 Å². The van der Waals surface area contributed by atoms with E-state index in [1.807, 2.05) is 18.2 Å². The van der Waals surface area contributed by atoms with Crippen LogP contribution in [0.3, 0.4) is 0 Å². The van der Waals surface area contributed by atoms with Crippen molar-refractivity contribution in [3.8, 4) is 5.19 Å². The molecule has 1 aromatic carbocycles. The minimum absolute atomic E-state index is 0.179. The zero-order valence-electron chi connectivity index (χ0n) is 9.73. The molecule has 0 saturated carbocycles. The van der Waals surface area contributed by atoms with Gasteiger partial charge in [0.05, 0.1) is 10.2 Å². The van der Waals surface area contributed by atoms with Crippen molar-refractivity contribution in [1.82, 2.24) is 4.98 Å². The molecule has 1 aromatic heterocycles. The fourth-order valence-electron chi connectivity index (χ4n) is 1.27. The Kier molecular flexibility index (Phi) is 3.01. The molecule has 16 heavy (non-hydrogen) atoms. The zero-order valence-corrected chi connectivity index (χ0v) is 10.5. The Labute approximate surface area is 99.3 Å². The molecular weight excluding hydrogens is 220 g/mol. The quantitative estimate of drug-likeness (QED) is 0.832. The summed E-state index contributed by atoms with van der Waals surface area (Å²) in [5.41, 5.74) is 7.43. The average molecular weight is 236 g/mol. The van der Waals surface area contributed by atoms with Crippen LogP contribution in [0.5, 0.6) is 5.19 Å². The maximum atomic E-state index is 5.77. The lowest BCUT2D eigenvalue weighted by Gasteiger charge is -2.15. The largest absolute Gasteiger partial charge is 0.467 e. The molecule has 1 heterocycles. The molecule has 2 aromatic rings. The van der Waals surface area contributed by atoms with E-state index in [-0.39, 0.29) is 6.10 Å². The average Bonchev–Trinajstić information content (AvgIpc) is 2.58. The molecule has 2 N–H and O–H groups in total. The number of aromatic nitrogens is 1. The Hall–Kier alpha value is -1.29. The van der Waals surface area contributed by atoms with E-state index < -0.39 is 0 Å². The summed E-state index contributed by atoms with van der Waals surface area (Å²) in [6, 6.07) is 5.71. The normalized spacial score (nSPS) is 13.2. The first-order chi connectivity index (χ1) is 7.56. The van der Waals surface area contributed by atoms with E-state index in [0.29, 0.717) is 5.92 Å². The molecule has 0 fully saturated rings. The predicted octanol–water partition coefficient (Wildman–Crippen LogP) is 3.30. The first-order valence-corrected chi connectivity index (χ1v) is 6.20. The molecule has 86 valence electrons. The van der Waals surface area contributed by atoms with Crippen molar-refractivity contribution < 1.29 is 4.74 Å². The van der Waals surface area contributed by atoms with Crippen molar-refractivity contribution in [3.63, 3.8) is 0 Å². The highest BCUT2D eigenvalue weighted by Gasteiger charge is 2.12. The Morgan fingerprint density at radius 1 is 1.31 bits per heavy atom. The molecule has 0 bridgehead atoms. The third-order valence-electron chi connectivity index (χ3n) is 2.62. The topological polar surface area (TPSA) is 48.1 Å². The lowest BCUT2D eigenvalue weighted by molar-refractivity contribution is 0.170. The van der Waals surface area contributed by atoms with Crippen LogP contribution in [0.25, 0.3) is 10.2 Å². The van der Waals surface area contributed by atoms with Crippen molar-refractivity contribution in [2.75, 3.05) is 5.73 Å². The van der Waals surface area contributed by atoms with Gasteiger partial charge in [-0.15, -0.1) is 0 Å². The first-order valence-electron chi connectivity index (χ1n) is 5.39. The molecule has 0 spiro atoms. The summed E-state index contributed by atoms with van der Waals surface area (Å²) < 4.78 is 6.84. The van der Waals surface area contributed by atoms with Gasteiger partial charge in [-0.3, -0.25) is 0 Å². The van der Waals surface area contributed by atoms with Crippen molar-refractivity contribution in [1.29, 1.82) is 0 Å². The van der Waals surface area contributed by atoms with E-state index in [0.717, 1.165) is 21.1 Å². The van der Waals surface area contributed by atoms with Gasteiger partial charge in [0.2, 0.25) is 0 Å². The predicted molar refractivity (Wildman–Crippen MR) is 69.0 cm³/mol. The maximum Gasteiger partial charge on any atom is 0.274 e. The number of thiazole rings is 1. The highest BCUT2D eigenvalue weighted by Crippen LogP contribution is 2.30. The Balaban J connectivity index is 2.26. The number of rotatable bonds is 3. The van der Waals surface area contributed by atoms with Crippen LogP contribution in [0.1, 0.15) is 20.8 Å². The van der Waals surface area contributed by atoms with E-state index >= 15 is 0 Å². The highest BCUT2D eigenvalue weighted by atomic mass is 32.1. The Morgan fingerprint density at radius 3 is 2.75 bits per heavy atom. The fourth-order valence-corrected chi connectivity index (χ4v) is 2.21. The highest BCUT2D eigenvalue weighted by molar-refractivity contribution is 7.20. The van der Waals surface area contributed by atoms with Crippen molar-refractivity contribution in [3.05, 3.63) is 18.2 Å². The van der Waals surface area contributed by atoms with Crippen LogP contribution in [0, 0.1) is 5.92 Å². The van der Waals surface area contributed by atoms with Gasteiger partial charge in [0, 0.05) is 5.69 Å². The Bertz CT molecular complexity index is 493. The van der Waals surface area contributed by atoms with Crippen LogP contribution >= 0.6 is 11.3 Å². The van der Waals surface area contributed by atoms with Gasteiger partial charge < -0.3 is 10.5 Å². The van der Waals surface area contributed by atoms with Crippen LogP contribution in [-0.2, 0) is 0 Å². The van der Waals surface area contributed by atoms with Crippen LogP contribution < -0.4 is 10.5 Å². The molecule has 4 heteroatoms. The van der Waals surface area contributed by atoms with Crippen molar-refractivity contribution in [2.45, 2.75) is 26.9 Å².